The summed E-state index contributed by atoms with van der Waals surface area (Å²) in [7, 11) is 4.76. The van der Waals surface area contributed by atoms with Crippen molar-refractivity contribution in [3.8, 4) is 28.5 Å². The Labute approximate surface area is 195 Å². The van der Waals surface area contributed by atoms with Crippen molar-refractivity contribution in [2.45, 2.75) is 51.6 Å². The van der Waals surface area contributed by atoms with Crippen molar-refractivity contribution in [3.63, 3.8) is 0 Å². The number of methoxy groups -OCH3 is 3. The second-order valence-corrected chi connectivity index (χ2v) is 8.73. The molecule has 0 spiro atoms. The molecule has 0 unspecified atom stereocenters. The summed E-state index contributed by atoms with van der Waals surface area (Å²) in [5.74, 6) is 1.67. The summed E-state index contributed by atoms with van der Waals surface area (Å²) in [6.45, 7) is 4.19. The minimum Gasteiger partial charge on any atom is -0.493 e. The zero-order valence-electron chi connectivity index (χ0n) is 20.1. The first-order valence-corrected chi connectivity index (χ1v) is 11.5. The van der Waals surface area contributed by atoms with Crippen LogP contribution in [0, 0.1) is 0 Å². The smallest absolute Gasteiger partial charge is 0.255 e. The van der Waals surface area contributed by atoms with Crippen LogP contribution >= 0.6 is 0 Å². The fraction of sp³-hybridized carbons (Fsp3) is 0.407. The van der Waals surface area contributed by atoms with Crippen molar-refractivity contribution in [1.82, 2.24) is 9.88 Å². The van der Waals surface area contributed by atoms with Crippen LogP contribution in [0.5, 0.6) is 17.2 Å². The van der Waals surface area contributed by atoms with Gasteiger partial charge in [0.25, 0.3) is 5.91 Å². The Hall–Kier alpha value is -3.28. The zero-order chi connectivity index (χ0) is 23.5. The highest BCUT2D eigenvalue weighted by Crippen LogP contribution is 2.41. The topological polar surface area (TPSA) is 60.9 Å². The van der Waals surface area contributed by atoms with E-state index in [-0.39, 0.29) is 18.0 Å². The Kier molecular flexibility index (Phi) is 6.72. The molecule has 1 aliphatic carbocycles. The van der Waals surface area contributed by atoms with Gasteiger partial charge in [-0.25, -0.2) is 4.98 Å². The van der Waals surface area contributed by atoms with Gasteiger partial charge in [-0.3, -0.25) is 4.79 Å². The molecule has 1 aliphatic rings. The van der Waals surface area contributed by atoms with Crippen LogP contribution in [0.3, 0.4) is 0 Å². The summed E-state index contributed by atoms with van der Waals surface area (Å²) in [5.41, 5.74) is 2.93. The molecule has 33 heavy (non-hydrogen) atoms. The monoisotopic (exact) mass is 448 g/mol. The third kappa shape index (κ3) is 4.34. The lowest BCUT2D eigenvalue weighted by Crippen LogP contribution is -2.43. The number of aromatic nitrogens is 1. The first kappa shape index (κ1) is 22.9. The van der Waals surface area contributed by atoms with Gasteiger partial charge in [-0.15, -0.1) is 0 Å². The lowest BCUT2D eigenvalue weighted by molar-refractivity contribution is 0.0615. The Morgan fingerprint density at radius 3 is 2.18 bits per heavy atom. The molecule has 6 nitrogen and oxygen atoms in total. The number of amides is 1. The van der Waals surface area contributed by atoms with E-state index in [0.29, 0.717) is 28.5 Å². The first-order chi connectivity index (χ1) is 16.0. The number of fused-ring (bicyclic) bond motifs is 1. The summed E-state index contributed by atoms with van der Waals surface area (Å²) in [4.78, 5) is 20.9. The molecule has 0 aliphatic heterocycles. The van der Waals surface area contributed by atoms with Crippen molar-refractivity contribution in [3.05, 3.63) is 48.0 Å². The molecule has 0 saturated heterocycles. The van der Waals surface area contributed by atoms with Gasteiger partial charge in [-0.1, -0.05) is 31.0 Å². The van der Waals surface area contributed by atoms with Crippen LogP contribution in [0.4, 0.5) is 0 Å². The van der Waals surface area contributed by atoms with Crippen LogP contribution in [-0.4, -0.2) is 49.2 Å². The Bertz CT molecular complexity index is 1130. The van der Waals surface area contributed by atoms with Gasteiger partial charge >= 0.3 is 0 Å². The molecule has 0 bridgehead atoms. The van der Waals surface area contributed by atoms with Gasteiger partial charge in [0.15, 0.2) is 11.5 Å². The molecule has 174 valence electrons. The Morgan fingerprint density at radius 2 is 1.61 bits per heavy atom. The quantitative estimate of drug-likeness (QED) is 0.463. The summed E-state index contributed by atoms with van der Waals surface area (Å²) in [5, 5.41) is 0.863. The normalized spacial score (nSPS) is 14.0. The average Bonchev–Trinajstić information content (AvgIpc) is 3.36. The standard InChI is InChI=1S/C27H32N2O4/c1-17(2)29(19-10-6-7-11-19)27(30)21-16-23(28-22-13-9-8-12-20(21)22)18-14-24(31-3)26(33-5)25(15-18)32-4/h8-9,12-17,19H,6-7,10-11H2,1-5H3. The molecular weight excluding hydrogens is 416 g/mol. The SMILES string of the molecule is COc1cc(-c2cc(C(=O)N(C(C)C)C3CCCC3)c3ccccc3n2)cc(OC)c1OC. The maximum absolute atomic E-state index is 13.9. The highest BCUT2D eigenvalue weighted by molar-refractivity contribution is 6.07. The molecule has 1 saturated carbocycles. The number of ether oxygens (including phenoxy) is 3. The molecular formula is C27H32N2O4. The Balaban J connectivity index is 1.88. The number of hydrogen-bond acceptors (Lipinski definition) is 5. The molecule has 6 heteroatoms. The van der Waals surface area contributed by atoms with E-state index in [1.165, 1.54) is 12.8 Å². The van der Waals surface area contributed by atoms with Gasteiger partial charge in [0.1, 0.15) is 0 Å². The highest BCUT2D eigenvalue weighted by atomic mass is 16.5. The van der Waals surface area contributed by atoms with Crippen molar-refractivity contribution in [2.24, 2.45) is 0 Å². The van der Waals surface area contributed by atoms with Crippen LogP contribution in [0.15, 0.2) is 42.5 Å². The van der Waals surface area contributed by atoms with Crippen LogP contribution in [0.2, 0.25) is 0 Å². The fourth-order valence-electron chi connectivity index (χ4n) is 4.87. The lowest BCUT2D eigenvalue weighted by Gasteiger charge is -2.33. The number of rotatable bonds is 7. The van der Waals surface area contributed by atoms with Crippen LogP contribution < -0.4 is 14.2 Å². The van der Waals surface area contributed by atoms with Gasteiger partial charge in [0.05, 0.1) is 38.1 Å². The number of carbonyl (C=O) groups excluding carboxylic acids is 1. The second kappa shape index (κ2) is 9.69. The summed E-state index contributed by atoms with van der Waals surface area (Å²) in [6, 6.07) is 13.9. The minimum absolute atomic E-state index is 0.0594. The largest absolute Gasteiger partial charge is 0.493 e. The number of pyridine rings is 1. The molecule has 1 heterocycles. The third-order valence-corrected chi connectivity index (χ3v) is 6.42. The maximum atomic E-state index is 13.9. The molecule has 1 aromatic heterocycles. The molecule has 1 fully saturated rings. The molecule has 2 aromatic carbocycles. The third-order valence-electron chi connectivity index (χ3n) is 6.42. The number of benzene rings is 2. The minimum atomic E-state index is 0.0594. The zero-order valence-corrected chi connectivity index (χ0v) is 20.1. The van der Waals surface area contributed by atoms with Gasteiger partial charge in [0, 0.05) is 23.0 Å². The number of carbonyl (C=O) groups is 1. The molecule has 0 N–H and O–H groups in total. The van der Waals surface area contributed by atoms with Gasteiger partial charge in [-0.05, 0) is 51.0 Å². The first-order valence-electron chi connectivity index (χ1n) is 11.5. The summed E-state index contributed by atoms with van der Waals surface area (Å²) >= 11 is 0. The van der Waals surface area contributed by atoms with Crippen LogP contribution in [0.25, 0.3) is 22.2 Å². The van der Waals surface area contributed by atoms with Crippen LogP contribution in [0.1, 0.15) is 49.9 Å². The molecule has 0 radical (unpaired) electrons. The predicted octanol–water partition coefficient (Wildman–Crippen LogP) is 5.72. The van der Waals surface area contributed by atoms with E-state index in [9.17, 15) is 4.79 Å². The maximum Gasteiger partial charge on any atom is 0.255 e. The van der Waals surface area contributed by atoms with Gasteiger partial charge in [0.2, 0.25) is 5.75 Å². The van der Waals surface area contributed by atoms with Gasteiger partial charge < -0.3 is 19.1 Å². The van der Waals surface area contributed by atoms with Crippen molar-refractivity contribution in [1.29, 1.82) is 0 Å². The average molecular weight is 449 g/mol. The molecule has 3 aromatic rings. The van der Waals surface area contributed by atoms with Crippen molar-refractivity contribution >= 4 is 16.8 Å². The Morgan fingerprint density at radius 1 is 0.970 bits per heavy atom. The van der Waals surface area contributed by atoms with E-state index in [1.807, 2.05) is 42.5 Å². The fourth-order valence-corrected chi connectivity index (χ4v) is 4.87. The number of para-hydroxylation sites is 1. The van der Waals surface area contributed by atoms with E-state index < -0.39 is 0 Å². The van der Waals surface area contributed by atoms with Gasteiger partial charge in [-0.2, -0.15) is 0 Å². The lowest BCUT2D eigenvalue weighted by atomic mass is 10.0. The number of nitrogens with zero attached hydrogens (tertiary/aromatic N) is 2. The van der Waals surface area contributed by atoms with Crippen LogP contribution in [-0.2, 0) is 0 Å². The van der Waals surface area contributed by atoms with E-state index in [4.69, 9.17) is 19.2 Å². The summed E-state index contributed by atoms with van der Waals surface area (Å²) in [6.07, 6.45) is 4.48. The van der Waals surface area contributed by atoms with E-state index in [2.05, 4.69) is 18.7 Å². The second-order valence-electron chi connectivity index (χ2n) is 8.73. The number of hydrogen-bond donors (Lipinski definition) is 0. The van der Waals surface area contributed by atoms with E-state index in [1.54, 1.807) is 21.3 Å². The van der Waals surface area contributed by atoms with Crippen molar-refractivity contribution < 1.29 is 19.0 Å². The molecule has 4 rings (SSSR count). The highest BCUT2D eigenvalue weighted by Gasteiger charge is 2.30. The van der Waals surface area contributed by atoms with E-state index >= 15 is 0 Å². The molecule has 0 atom stereocenters. The predicted molar refractivity (Wildman–Crippen MR) is 130 cm³/mol. The molecule has 1 amide bonds. The summed E-state index contributed by atoms with van der Waals surface area (Å²) < 4.78 is 16.5. The van der Waals surface area contributed by atoms with Crippen molar-refractivity contribution in [2.75, 3.05) is 21.3 Å². The van der Waals surface area contributed by atoms with E-state index in [0.717, 1.165) is 29.3 Å².